The van der Waals surface area contributed by atoms with Crippen LogP contribution in [0, 0.1) is 5.41 Å². The second-order valence-corrected chi connectivity index (χ2v) is 6.04. The minimum absolute atomic E-state index is 0.00748. The molecule has 0 aromatic heterocycles. The number of ether oxygens (including phenoxy) is 2. The summed E-state index contributed by atoms with van der Waals surface area (Å²) in [5.74, 6) is 1.24. The molecule has 1 aliphatic heterocycles. The third kappa shape index (κ3) is 3.47. The number of benzene rings is 1. The molecule has 0 aliphatic carbocycles. The van der Waals surface area contributed by atoms with E-state index in [0.29, 0.717) is 17.2 Å². The second-order valence-electron chi connectivity index (χ2n) is 6.04. The Morgan fingerprint density at radius 2 is 2.00 bits per heavy atom. The maximum atomic E-state index is 12.5. The molecule has 0 bridgehead atoms. The molecule has 5 nitrogen and oxygen atoms in total. The van der Waals surface area contributed by atoms with Gasteiger partial charge in [-0.05, 0) is 36.9 Å². The molecule has 0 spiro atoms. The largest absolute Gasteiger partial charge is 0.493 e. The number of piperidine rings is 1. The van der Waals surface area contributed by atoms with Gasteiger partial charge in [-0.25, -0.2) is 0 Å². The minimum Gasteiger partial charge on any atom is -0.493 e. The van der Waals surface area contributed by atoms with Crippen molar-refractivity contribution >= 4 is 11.6 Å². The molecule has 1 amide bonds. The highest BCUT2D eigenvalue weighted by atomic mass is 16.5. The van der Waals surface area contributed by atoms with Gasteiger partial charge in [0.2, 0.25) is 5.91 Å². The first-order valence-corrected chi connectivity index (χ1v) is 7.24. The quantitative estimate of drug-likeness (QED) is 0.895. The molecule has 1 unspecified atom stereocenters. The first-order valence-electron chi connectivity index (χ1n) is 7.24. The van der Waals surface area contributed by atoms with Crippen molar-refractivity contribution in [1.82, 2.24) is 5.32 Å². The molecule has 0 radical (unpaired) electrons. The Bertz CT molecular complexity index is 514. The summed E-state index contributed by atoms with van der Waals surface area (Å²) in [5, 5.41) is 6.27. The van der Waals surface area contributed by atoms with Crippen LogP contribution < -0.4 is 20.1 Å². The maximum absolute atomic E-state index is 12.5. The molecule has 2 rings (SSSR count). The summed E-state index contributed by atoms with van der Waals surface area (Å²) < 4.78 is 10.4. The number of hydrogen-bond acceptors (Lipinski definition) is 4. The highest BCUT2D eigenvalue weighted by molar-refractivity contribution is 5.95. The molecule has 1 heterocycles. The first kappa shape index (κ1) is 15.6. The normalized spacial score (nSPS) is 20.7. The van der Waals surface area contributed by atoms with Crippen molar-refractivity contribution in [3.8, 4) is 11.5 Å². The number of rotatable bonds is 4. The van der Waals surface area contributed by atoms with Crippen molar-refractivity contribution in [3.05, 3.63) is 18.2 Å². The first-order chi connectivity index (χ1) is 9.97. The second kappa shape index (κ2) is 6.35. The van der Waals surface area contributed by atoms with Gasteiger partial charge >= 0.3 is 0 Å². The lowest BCUT2D eigenvalue weighted by Crippen LogP contribution is -2.53. The van der Waals surface area contributed by atoms with E-state index >= 15 is 0 Å². The summed E-state index contributed by atoms with van der Waals surface area (Å²) >= 11 is 0. The molecule has 1 atom stereocenters. The monoisotopic (exact) mass is 292 g/mol. The fraction of sp³-hybridized carbons (Fsp3) is 0.562. The molecule has 21 heavy (non-hydrogen) atoms. The van der Waals surface area contributed by atoms with E-state index in [9.17, 15) is 4.79 Å². The number of carbonyl (C=O) groups is 1. The molecular formula is C16H24N2O3. The molecule has 1 aliphatic rings. The topological polar surface area (TPSA) is 59.6 Å². The number of amides is 1. The molecule has 0 saturated carbocycles. The Morgan fingerprint density at radius 3 is 2.62 bits per heavy atom. The number of anilines is 1. The average molecular weight is 292 g/mol. The van der Waals surface area contributed by atoms with Gasteiger partial charge in [0, 0.05) is 11.8 Å². The van der Waals surface area contributed by atoms with E-state index in [2.05, 4.69) is 24.5 Å². The summed E-state index contributed by atoms with van der Waals surface area (Å²) in [7, 11) is 3.17. The van der Waals surface area contributed by atoms with E-state index in [4.69, 9.17) is 9.47 Å². The molecule has 5 heteroatoms. The van der Waals surface area contributed by atoms with Crippen LogP contribution in [-0.2, 0) is 4.79 Å². The Balaban J connectivity index is 2.12. The van der Waals surface area contributed by atoms with Gasteiger partial charge in [0.05, 0.1) is 20.3 Å². The van der Waals surface area contributed by atoms with Gasteiger partial charge in [0.15, 0.2) is 11.5 Å². The molecular weight excluding hydrogens is 268 g/mol. The van der Waals surface area contributed by atoms with Gasteiger partial charge in [0.1, 0.15) is 0 Å². The average Bonchev–Trinajstić information content (AvgIpc) is 2.46. The molecule has 1 aromatic rings. The van der Waals surface area contributed by atoms with E-state index in [0.717, 1.165) is 19.4 Å². The van der Waals surface area contributed by atoms with E-state index in [1.807, 2.05) is 6.07 Å². The predicted molar refractivity (Wildman–Crippen MR) is 83.0 cm³/mol. The van der Waals surface area contributed by atoms with Gasteiger partial charge in [-0.3, -0.25) is 4.79 Å². The Hall–Kier alpha value is -1.75. The Labute approximate surface area is 126 Å². The van der Waals surface area contributed by atoms with E-state index in [1.54, 1.807) is 26.4 Å². The van der Waals surface area contributed by atoms with Crippen LogP contribution in [-0.4, -0.2) is 32.7 Å². The Kier molecular flexibility index (Phi) is 4.73. The van der Waals surface area contributed by atoms with Crippen LogP contribution in [0.3, 0.4) is 0 Å². The van der Waals surface area contributed by atoms with Gasteiger partial charge < -0.3 is 20.1 Å². The number of methoxy groups -OCH3 is 2. The van der Waals surface area contributed by atoms with Crippen molar-refractivity contribution < 1.29 is 14.3 Å². The fourth-order valence-electron chi connectivity index (χ4n) is 2.79. The molecule has 1 fully saturated rings. The predicted octanol–water partition coefficient (Wildman–Crippen LogP) is 2.42. The van der Waals surface area contributed by atoms with Gasteiger partial charge in [-0.2, -0.15) is 0 Å². The molecule has 1 saturated heterocycles. The van der Waals surface area contributed by atoms with Crippen LogP contribution in [0.15, 0.2) is 18.2 Å². The molecule has 1 aromatic carbocycles. The highest BCUT2D eigenvalue weighted by Crippen LogP contribution is 2.32. The van der Waals surface area contributed by atoms with Crippen molar-refractivity contribution in [2.75, 3.05) is 26.1 Å². The molecule has 116 valence electrons. The smallest absolute Gasteiger partial charge is 0.242 e. The summed E-state index contributed by atoms with van der Waals surface area (Å²) in [4.78, 5) is 12.5. The number of carbonyl (C=O) groups excluding carboxylic acids is 1. The zero-order valence-electron chi connectivity index (χ0n) is 13.2. The lowest BCUT2D eigenvalue weighted by molar-refractivity contribution is -0.121. The van der Waals surface area contributed by atoms with Gasteiger partial charge in [-0.1, -0.05) is 13.8 Å². The summed E-state index contributed by atoms with van der Waals surface area (Å²) in [5.41, 5.74) is 0.666. The van der Waals surface area contributed by atoms with Crippen molar-refractivity contribution in [2.45, 2.75) is 32.7 Å². The van der Waals surface area contributed by atoms with Crippen LogP contribution in [0.5, 0.6) is 11.5 Å². The standard InChI is InChI=1S/C16H24N2O3/c1-16(2)8-5-9-17-14(16)15(19)18-11-6-7-12(20-3)13(10-11)21-4/h6-7,10,14,17H,5,8-9H2,1-4H3,(H,18,19). The summed E-state index contributed by atoms with van der Waals surface area (Å²) in [6.07, 6.45) is 2.15. The highest BCUT2D eigenvalue weighted by Gasteiger charge is 2.37. The van der Waals surface area contributed by atoms with Crippen LogP contribution in [0.4, 0.5) is 5.69 Å². The van der Waals surface area contributed by atoms with Gasteiger partial charge in [0.25, 0.3) is 0 Å². The Morgan fingerprint density at radius 1 is 1.29 bits per heavy atom. The van der Waals surface area contributed by atoms with E-state index in [-0.39, 0.29) is 17.4 Å². The third-order valence-electron chi connectivity index (χ3n) is 4.04. The molecule has 2 N–H and O–H groups in total. The van der Waals surface area contributed by atoms with Crippen molar-refractivity contribution in [3.63, 3.8) is 0 Å². The zero-order valence-corrected chi connectivity index (χ0v) is 13.2. The van der Waals surface area contributed by atoms with E-state index < -0.39 is 0 Å². The van der Waals surface area contributed by atoms with Gasteiger partial charge in [-0.15, -0.1) is 0 Å². The third-order valence-corrected chi connectivity index (χ3v) is 4.04. The van der Waals surface area contributed by atoms with Crippen LogP contribution >= 0.6 is 0 Å². The van der Waals surface area contributed by atoms with Crippen LogP contribution in [0.1, 0.15) is 26.7 Å². The van der Waals surface area contributed by atoms with Crippen molar-refractivity contribution in [2.24, 2.45) is 5.41 Å². The number of hydrogen-bond donors (Lipinski definition) is 2. The summed E-state index contributed by atoms with van der Waals surface area (Å²) in [6.45, 7) is 5.13. The van der Waals surface area contributed by atoms with Crippen LogP contribution in [0.25, 0.3) is 0 Å². The maximum Gasteiger partial charge on any atom is 0.242 e. The fourth-order valence-corrected chi connectivity index (χ4v) is 2.79. The van der Waals surface area contributed by atoms with Crippen molar-refractivity contribution in [1.29, 1.82) is 0 Å². The minimum atomic E-state index is -0.181. The van der Waals surface area contributed by atoms with Crippen LogP contribution in [0.2, 0.25) is 0 Å². The zero-order chi connectivity index (χ0) is 15.5. The van der Waals surface area contributed by atoms with E-state index in [1.165, 1.54) is 0 Å². The lowest BCUT2D eigenvalue weighted by Gasteiger charge is -2.38. The summed E-state index contributed by atoms with van der Waals surface area (Å²) in [6, 6.07) is 5.19. The SMILES string of the molecule is COc1ccc(NC(=O)C2NCCCC2(C)C)cc1OC. The lowest BCUT2D eigenvalue weighted by atomic mass is 9.77. The number of nitrogens with one attached hydrogen (secondary N) is 2.